The smallest absolute Gasteiger partial charge is 0.355 e. The van der Waals surface area contributed by atoms with Gasteiger partial charge in [0.25, 0.3) is 0 Å². The molecule has 1 aromatic carbocycles. The number of H-pyrrole nitrogens is 1. The Labute approximate surface area is 118 Å². The van der Waals surface area contributed by atoms with Gasteiger partial charge in [0.05, 0.1) is 0 Å². The van der Waals surface area contributed by atoms with Crippen molar-refractivity contribution in [1.29, 1.82) is 0 Å². The molecule has 0 aliphatic rings. The van der Waals surface area contributed by atoms with E-state index in [1.54, 1.807) is 49.5 Å². The predicted octanol–water partition coefficient (Wildman–Crippen LogP) is 3.21. The quantitative estimate of drug-likeness (QED) is 0.695. The maximum Gasteiger partial charge on any atom is 0.355 e. The first kappa shape index (κ1) is 13.5. The van der Waals surface area contributed by atoms with E-state index in [9.17, 15) is 9.59 Å². The second-order valence-corrected chi connectivity index (χ2v) is 4.92. The van der Waals surface area contributed by atoms with Crippen LogP contribution in [0.3, 0.4) is 0 Å². The van der Waals surface area contributed by atoms with Crippen LogP contribution >= 0.6 is 15.9 Å². The van der Waals surface area contributed by atoms with Gasteiger partial charge in [-0.3, -0.25) is 4.79 Å². The number of halogens is 1. The molecule has 0 unspecified atom stereocenters. The van der Waals surface area contributed by atoms with Crippen molar-refractivity contribution in [3.05, 3.63) is 58.3 Å². The number of Topliss-reactive ketones (excluding diaryl/α,β-unsaturated/α-hetero) is 1. The van der Waals surface area contributed by atoms with Crippen LogP contribution in [-0.2, 0) is 4.74 Å². The zero-order chi connectivity index (χ0) is 13.8. The van der Waals surface area contributed by atoms with E-state index >= 15 is 0 Å². The van der Waals surface area contributed by atoms with Crippen molar-refractivity contribution in [1.82, 2.24) is 4.98 Å². The number of aromatic amines is 1. The molecular formula is C14H12BrNO3. The van der Waals surface area contributed by atoms with Crippen molar-refractivity contribution in [3.8, 4) is 0 Å². The molecule has 0 aliphatic carbocycles. The van der Waals surface area contributed by atoms with E-state index in [4.69, 9.17) is 4.74 Å². The van der Waals surface area contributed by atoms with Crippen LogP contribution in [0.1, 0.15) is 27.8 Å². The van der Waals surface area contributed by atoms with Crippen molar-refractivity contribution in [2.45, 2.75) is 13.0 Å². The number of carbonyl (C=O) groups is 2. The summed E-state index contributed by atoms with van der Waals surface area (Å²) in [7, 11) is 0. The molecule has 4 nitrogen and oxygen atoms in total. The lowest BCUT2D eigenvalue weighted by Gasteiger charge is -2.11. The minimum absolute atomic E-state index is 0.229. The van der Waals surface area contributed by atoms with Crippen LogP contribution in [0.25, 0.3) is 0 Å². The van der Waals surface area contributed by atoms with E-state index in [1.165, 1.54) is 0 Å². The van der Waals surface area contributed by atoms with Gasteiger partial charge in [-0.1, -0.05) is 28.1 Å². The van der Waals surface area contributed by atoms with E-state index in [2.05, 4.69) is 20.9 Å². The average Bonchev–Trinajstić information content (AvgIpc) is 2.92. The molecule has 0 saturated carbocycles. The van der Waals surface area contributed by atoms with Gasteiger partial charge in [0, 0.05) is 16.2 Å². The van der Waals surface area contributed by atoms with E-state index in [0.29, 0.717) is 11.3 Å². The lowest BCUT2D eigenvalue weighted by molar-refractivity contribution is 0.0314. The molecule has 0 saturated heterocycles. The fourth-order valence-corrected chi connectivity index (χ4v) is 1.85. The third kappa shape index (κ3) is 3.32. The van der Waals surface area contributed by atoms with Crippen LogP contribution in [0.2, 0.25) is 0 Å². The zero-order valence-corrected chi connectivity index (χ0v) is 11.8. The van der Waals surface area contributed by atoms with Crippen LogP contribution in [-0.4, -0.2) is 22.8 Å². The van der Waals surface area contributed by atoms with E-state index in [0.717, 1.165) is 4.47 Å². The lowest BCUT2D eigenvalue weighted by atomic mass is 10.1. The highest BCUT2D eigenvalue weighted by Crippen LogP contribution is 2.13. The van der Waals surface area contributed by atoms with Crippen LogP contribution in [0.4, 0.5) is 0 Å². The SMILES string of the molecule is C[C@@H](OC(=O)c1ccc[nH]1)C(=O)c1ccc(Br)cc1. The summed E-state index contributed by atoms with van der Waals surface area (Å²) in [5, 5.41) is 0. The number of esters is 1. The molecule has 2 aromatic rings. The Bertz CT molecular complexity index is 575. The van der Waals surface area contributed by atoms with Crippen molar-refractivity contribution < 1.29 is 14.3 Å². The van der Waals surface area contributed by atoms with Crippen LogP contribution < -0.4 is 0 Å². The molecule has 19 heavy (non-hydrogen) atoms. The summed E-state index contributed by atoms with van der Waals surface area (Å²) in [5.41, 5.74) is 0.838. The molecular weight excluding hydrogens is 310 g/mol. The summed E-state index contributed by atoms with van der Waals surface area (Å²) in [5.74, 6) is -0.768. The number of aromatic nitrogens is 1. The van der Waals surface area contributed by atoms with Gasteiger partial charge in [-0.25, -0.2) is 4.79 Å². The van der Waals surface area contributed by atoms with Crippen LogP contribution in [0, 0.1) is 0 Å². The highest BCUT2D eigenvalue weighted by Gasteiger charge is 2.20. The van der Waals surface area contributed by atoms with Gasteiger partial charge < -0.3 is 9.72 Å². The number of rotatable bonds is 4. The predicted molar refractivity (Wildman–Crippen MR) is 74.1 cm³/mol. The second kappa shape index (κ2) is 5.84. The molecule has 0 fully saturated rings. The van der Waals surface area contributed by atoms with E-state index in [1.807, 2.05) is 0 Å². The summed E-state index contributed by atoms with van der Waals surface area (Å²) in [6.45, 7) is 1.56. The van der Waals surface area contributed by atoms with Crippen molar-refractivity contribution >= 4 is 27.7 Å². The van der Waals surface area contributed by atoms with Crippen LogP contribution in [0.15, 0.2) is 47.1 Å². The van der Waals surface area contributed by atoms with Crippen LogP contribution in [0.5, 0.6) is 0 Å². The van der Waals surface area contributed by atoms with Gasteiger partial charge in [0.15, 0.2) is 6.10 Å². The van der Waals surface area contributed by atoms with E-state index < -0.39 is 12.1 Å². The summed E-state index contributed by atoms with van der Waals surface area (Å²) in [6.07, 6.45) is 0.801. The standard InChI is InChI=1S/C14H12BrNO3/c1-9(19-14(18)12-3-2-8-16-12)13(17)10-4-6-11(15)7-5-10/h2-9,16H,1H3/t9-/m1/s1. The molecule has 1 atom stereocenters. The number of hydrogen-bond donors (Lipinski definition) is 1. The van der Waals surface area contributed by atoms with Crippen molar-refractivity contribution in [2.75, 3.05) is 0 Å². The normalized spacial score (nSPS) is 11.9. The number of ether oxygens (including phenoxy) is 1. The van der Waals surface area contributed by atoms with Crippen molar-refractivity contribution in [3.63, 3.8) is 0 Å². The number of nitrogens with one attached hydrogen (secondary N) is 1. The Kier molecular flexibility index (Phi) is 4.16. The Balaban J connectivity index is 2.03. The number of carbonyl (C=O) groups excluding carboxylic acids is 2. The summed E-state index contributed by atoms with van der Waals surface area (Å²) < 4.78 is 6.00. The van der Waals surface area contributed by atoms with Gasteiger partial charge in [-0.15, -0.1) is 0 Å². The Morgan fingerprint density at radius 1 is 1.21 bits per heavy atom. The molecule has 5 heteroatoms. The molecule has 1 aromatic heterocycles. The van der Waals surface area contributed by atoms with Gasteiger partial charge in [0.1, 0.15) is 5.69 Å². The maximum absolute atomic E-state index is 12.1. The first-order valence-electron chi connectivity index (χ1n) is 5.72. The Morgan fingerprint density at radius 3 is 2.47 bits per heavy atom. The first-order valence-corrected chi connectivity index (χ1v) is 6.51. The van der Waals surface area contributed by atoms with Gasteiger partial charge in [0.2, 0.25) is 5.78 Å². The molecule has 0 spiro atoms. The molecule has 0 radical (unpaired) electrons. The summed E-state index contributed by atoms with van der Waals surface area (Å²) in [4.78, 5) is 26.5. The Morgan fingerprint density at radius 2 is 1.89 bits per heavy atom. The van der Waals surface area contributed by atoms with Gasteiger partial charge in [-0.05, 0) is 31.2 Å². The minimum Gasteiger partial charge on any atom is -0.450 e. The first-order chi connectivity index (χ1) is 9.08. The fourth-order valence-electron chi connectivity index (χ4n) is 1.58. The second-order valence-electron chi connectivity index (χ2n) is 4.00. The third-order valence-corrected chi connectivity index (χ3v) is 3.13. The maximum atomic E-state index is 12.1. The number of benzene rings is 1. The molecule has 2 rings (SSSR count). The molecule has 1 N–H and O–H groups in total. The summed E-state index contributed by atoms with van der Waals surface area (Å²) >= 11 is 3.30. The third-order valence-electron chi connectivity index (χ3n) is 2.60. The number of hydrogen-bond acceptors (Lipinski definition) is 3. The highest BCUT2D eigenvalue weighted by atomic mass is 79.9. The average molecular weight is 322 g/mol. The minimum atomic E-state index is -0.822. The molecule has 0 aliphatic heterocycles. The monoisotopic (exact) mass is 321 g/mol. The topological polar surface area (TPSA) is 59.2 Å². The fraction of sp³-hybridized carbons (Fsp3) is 0.143. The lowest BCUT2D eigenvalue weighted by Crippen LogP contribution is -2.24. The summed E-state index contributed by atoms with van der Waals surface area (Å²) in [6, 6.07) is 10.2. The largest absolute Gasteiger partial charge is 0.450 e. The number of ketones is 1. The molecule has 98 valence electrons. The Hall–Kier alpha value is -1.88. The van der Waals surface area contributed by atoms with Crippen molar-refractivity contribution in [2.24, 2.45) is 0 Å². The molecule has 0 bridgehead atoms. The van der Waals surface area contributed by atoms with Gasteiger partial charge >= 0.3 is 5.97 Å². The van der Waals surface area contributed by atoms with Gasteiger partial charge in [-0.2, -0.15) is 0 Å². The molecule has 0 amide bonds. The molecule has 1 heterocycles. The van der Waals surface area contributed by atoms with E-state index in [-0.39, 0.29) is 5.78 Å². The highest BCUT2D eigenvalue weighted by molar-refractivity contribution is 9.10. The zero-order valence-electron chi connectivity index (χ0n) is 10.2.